The molecule has 2 aromatic rings. The number of rotatable bonds is 7. The van der Waals surface area contributed by atoms with E-state index < -0.39 is 0 Å². The number of furan rings is 1. The molecule has 5 heteroatoms. The maximum Gasteiger partial charge on any atom is 0.0947 e. The highest BCUT2D eigenvalue weighted by atomic mass is 16.5. The Labute approximate surface area is 156 Å². The Balaban J connectivity index is 1.36. The summed E-state index contributed by atoms with van der Waals surface area (Å²) < 4.78 is 11.3. The van der Waals surface area contributed by atoms with Gasteiger partial charge in [-0.15, -0.1) is 0 Å². The van der Waals surface area contributed by atoms with E-state index in [1.807, 2.05) is 30.7 Å². The second-order valence-corrected chi connectivity index (χ2v) is 7.82. The summed E-state index contributed by atoms with van der Waals surface area (Å²) in [5.41, 5.74) is 2.65. The molecule has 4 rings (SSSR count). The van der Waals surface area contributed by atoms with Crippen LogP contribution in [-0.2, 0) is 17.9 Å². The van der Waals surface area contributed by atoms with Crippen LogP contribution in [0.5, 0.6) is 0 Å². The molecule has 26 heavy (non-hydrogen) atoms. The zero-order valence-electron chi connectivity index (χ0n) is 15.6. The van der Waals surface area contributed by atoms with Gasteiger partial charge in [-0.25, -0.2) is 0 Å². The third-order valence-electron chi connectivity index (χ3n) is 6.08. The summed E-state index contributed by atoms with van der Waals surface area (Å²) in [4.78, 5) is 9.54. The average Bonchev–Trinajstić information content (AvgIpc) is 3.39. The summed E-state index contributed by atoms with van der Waals surface area (Å²) in [6.07, 6.45) is 6.73. The summed E-state index contributed by atoms with van der Waals surface area (Å²) in [6.45, 7) is 10.5. The first kappa shape index (κ1) is 17.7. The van der Waals surface area contributed by atoms with E-state index in [0.717, 1.165) is 38.5 Å². The predicted molar refractivity (Wildman–Crippen MR) is 101 cm³/mol. The number of ether oxygens (including phenoxy) is 1. The summed E-state index contributed by atoms with van der Waals surface area (Å²) in [7, 11) is 0. The van der Waals surface area contributed by atoms with E-state index in [9.17, 15) is 0 Å². The van der Waals surface area contributed by atoms with Crippen LogP contribution in [0.4, 0.5) is 0 Å². The van der Waals surface area contributed by atoms with E-state index in [1.165, 1.54) is 25.1 Å². The van der Waals surface area contributed by atoms with Gasteiger partial charge in [-0.2, -0.15) is 0 Å². The lowest BCUT2D eigenvalue weighted by molar-refractivity contribution is 0.0501. The SMILES string of the molecule is CCN1C[C@@H](COCc2ccccn2)[C@]2(CCN(Cc3ccoc3)C2)C1. The van der Waals surface area contributed by atoms with Crippen LogP contribution in [0.3, 0.4) is 0 Å². The Morgan fingerprint density at radius 3 is 2.96 bits per heavy atom. The number of pyridine rings is 1. The van der Waals surface area contributed by atoms with Crippen molar-refractivity contribution in [3.63, 3.8) is 0 Å². The van der Waals surface area contributed by atoms with E-state index in [-0.39, 0.29) is 0 Å². The van der Waals surface area contributed by atoms with Crippen molar-refractivity contribution >= 4 is 0 Å². The van der Waals surface area contributed by atoms with E-state index in [4.69, 9.17) is 9.15 Å². The largest absolute Gasteiger partial charge is 0.472 e. The van der Waals surface area contributed by atoms with Crippen molar-refractivity contribution in [2.75, 3.05) is 39.3 Å². The summed E-state index contributed by atoms with van der Waals surface area (Å²) in [6, 6.07) is 8.07. The third-order valence-corrected chi connectivity index (χ3v) is 6.08. The van der Waals surface area contributed by atoms with Gasteiger partial charge in [0.05, 0.1) is 31.4 Å². The van der Waals surface area contributed by atoms with Crippen LogP contribution in [0, 0.1) is 11.3 Å². The van der Waals surface area contributed by atoms with Crippen LogP contribution in [0.15, 0.2) is 47.4 Å². The van der Waals surface area contributed by atoms with Gasteiger partial charge in [0.2, 0.25) is 0 Å². The standard InChI is InChI=1S/C21H29N3O2/c1-2-23-12-19(14-26-15-20-5-3-4-8-22-20)21(16-23)7-9-24(17-21)11-18-6-10-25-13-18/h3-6,8,10,13,19H,2,7,9,11-12,14-17H2,1H3/t19-,21+/m0/s1. The molecule has 2 saturated heterocycles. The van der Waals surface area contributed by atoms with Crippen molar-refractivity contribution in [2.24, 2.45) is 11.3 Å². The first-order valence-electron chi connectivity index (χ1n) is 9.71. The lowest BCUT2D eigenvalue weighted by atomic mass is 9.77. The highest BCUT2D eigenvalue weighted by Crippen LogP contribution is 2.44. The molecule has 1 spiro atoms. The molecule has 0 radical (unpaired) electrons. The molecule has 0 aliphatic carbocycles. The Kier molecular flexibility index (Phi) is 5.38. The lowest BCUT2D eigenvalue weighted by Crippen LogP contribution is -2.36. The topological polar surface area (TPSA) is 41.7 Å². The first-order chi connectivity index (χ1) is 12.8. The maximum absolute atomic E-state index is 6.10. The monoisotopic (exact) mass is 355 g/mol. The molecule has 140 valence electrons. The van der Waals surface area contributed by atoms with E-state index in [0.29, 0.717) is 17.9 Å². The molecule has 5 nitrogen and oxygen atoms in total. The number of aromatic nitrogens is 1. The van der Waals surface area contributed by atoms with Crippen molar-refractivity contribution in [3.05, 3.63) is 54.2 Å². The van der Waals surface area contributed by atoms with Gasteiger partial charge in [-0.1, -0.05) is 13.0 Å². The lowest BCUT2D eigenvalue weighted by Gasteiger charge is -2.30. The Hall–Kier alpha value is -1.69. The zero-order chi connectivity index (χ0) is 17.8. The van der Waals surface area contributed by atoms with Gasteiger partial charge in [-0.3, -0.25) is 9.88 Å². The fraction of sp³-hybridized carbons (Fsp3) is 0.571. The summed E-state index contributed by atoms with van der Waals surface area (Å²) in [5.74, 6) is 0.598. The minimum atomic E-state index is 0.365. The average molecular weight is 355 g/mol. The van der Waals surface area contributed by atoms with Crippen LogP contribution < -0.4 is 0 Å². The number of nitrogens with zero attached hydrogens (tertiary/aromatic N) is 3. The second-order valence-electron chi connectivity index (χ2n) is 7.82. The smallest absolute Gasteiger partial charge is 0.0947 e. The zero-order valence-corrected chi connectivity index (χ0v) is 15.6. The highest BCUT2D eigenvalue weighted by Gasteiger charge is 2.49. The van der Waals surface area contributed by atoms with Gasteiger partial charge >= 0.3 is 0 Å². The molecule has 4 heterocycles. The molecular formula is C21H29N3O2. The molecule has 0 unspecified atom stereocenters. The normalized spacial score (nSPS) is 26.9. The number of hydrogen-bond acceptors (Lipinski definition) is 5. The summed E-state index contributed by atoms with van der Waals surface area (Å²) in [5, 5.41) is 0. The van der Waals surface area contributed by atoms with Crippen LogP contribution in [0.25, 0.3) is 0 Å². The fourth-order valence-corrected chi connectivity index (χ4v) is 4.63. The minimum absolute atomic E-state index is 0.365. The van der Waals surface area contributed by atoms with Crippen LogP contribution in [-0.4, -0.2) is 54.1 Å². The molecule has 2 aliphatic heterocycles. The molecule has 0 N–H and O–H groups in total. The third kappa shape index (κ3) is 3.85. The van der Waals surface area contributed by atoms with Crippen LogP contribution in [0.2, 0.25) is 0 Å². The van der Waals surface area contributed by atoms with Gasteiger partial charge in [0.1, 0.15) is 0 Å². The molecule has 0 amide bonds. The van der Waals surface area contributed by atoms with Gasteiger partial charge in [-0.05, 0) is 37.7 Å². The molecule has 0 aromatic carbocycles. The highest BCUT2D eigenvalue weighted by molar-refractivity contribution is 5.08. The molecule has 2 atom stereocenters. The first-order valence-corrected chi connectivity index (χ1v) is 9.71. The van der Waals surface area contributed by atoms with Crippen LogP contribution in [0.1, 0.15) is 24.6 Å². The van der Waals surface area contributed by atoms with Gasteiger partial charge < -0.3 is 14.1 Å². The van der Waals surface area contributed by atoms with Crippen molar-refractivity contribution in [2.45, 2.75) is 26.5 Å². The molecular weight excluding hydrogens is 326 g/mol. The minimum Gasteiger partial charge on any atom is -0.472 e. The van der Waals surface area contributed by atoms with Crippen molar-refractivity contribution in [3.8, 4) is 0 Å². The summed E-state index contributed by atoms with van der Waals surface area (Å²) >= 11 is 0. The molecule has 2 aliphatic rings. The Morgan fingerprint density at radius 2 is 2.19 bits per heavy atom. The second kappa shape index (κ2) is 7.91. The van der Waals surface area contributed by atoms with Crippen molar-refractivity contribution in [1.29, 1.82) is 0 Å². The molecule has 2 aromatic heterocycles. The molecule has 2 fully saturated rings. The van der Waals surface area contributed by atoms with Gasteiger partial charge in [0.15, 0.2) is 0 Å². The quantitative estimate of drug-likeness (QED) is 0.764. The van der Waals surface area contributed by atoms with Crippen molar-refractivity contribution in [1.82, 2.24) is 14.8 Å². The van der Waals surface area contributed by atoms with Gasteiger partial charge in [0.25, 0.3) is 0 Å². The Morgan fingerprint density at radius 1 is 1.27 bits per heavy atom. The van der Waals surface area contributed by atoms with Crippen LogP contribution >= 0.6 is 0 Å². The van der Waals surface area contributed by atoms with Crippen molar-refractivity contribution < 1.29 is 9.15 Å². The van der Waals surface area contributed by atoms with Gasteiger partial charge in [0, 0.05) is 49.3 Å². The number of hydrogen-bond donors (Lipinski definition) is 0. The van der Waals surface area contributed by atoms with E-state index in [1.54, 1.807) is 6.26 Å². The Bertz CT molecular complexity index is 676. The number of likely N-dealkylation sites (tertiary alicyclic amines) is 2. The predicted octanol–water partition coefficient (Wildman–Crippen LogP) is 3.04. The maximum atomic E-state index is 6.10. The van der Waals surface area contributed by atoms with E-state index in [2.05, 4.69) is 27.8 Å². The fourth-order valence-electron chi connectivity index (χ4n) is 4.63. The molecule has 0 bridgehead atoms. The molecule has 0 saturated carbocycles. The van der Waals surface area contributed by atoms with E-state index >= 15 is 0 Å².